The summed E-state index contributed by atoms with van der Waals surface area (Å²) in [5.41, 5.74) is 2.92. The summed E-state index contributed by atoms with van der Waals surface area (Å²) in [6.45, 7) is -0.338. The molecule has 0 fully saturated rings. The summed E-state index contributed by atoms with van der Waals surface area (Å²) < 4.78 is 6.83. The van der Waals surface area contributed by atoms with Gasteiger partial charge in [-0.05, 0) is 5.56 Å². The van der Waals surface area contributed by atoms with Gasteiger partial charge in [0.2, 0.25) is 0 Å². The van der Waals surface area contributed by atoms with Gasteiger partial charge < -0.3 is 10.8 Å². The van der Waals surface area contributed by atoms with E-state index in [-0.39, 0.29) is 18.8 Å². The molecule has 0 aromatic heterocycles. The van der Waals surface area contributed by atoms with Gasteiger partial charge >= 0.3 is 0 Å². The predicted octanol–water partition coefficient (Wildman–Crippen LogP) is 0.118. The van der Waals surface area contributed by atoms with Crippen molar-refractivity contribution >= 4 is 5.78 Å². The number of hydrogen-bond donors (Lipinski definition) is 2. The SMILES string of the molecule is [2H]N[C@@H](CO)C(=O)Cc1ccccc1. The van der Waals surface area contributed by atoms with Crippen LogP contribution in [-0.2, 0) is 11.2 Å². The minimum absolute atomic E-state index is 0.172. The molecule has 0 bridgehead atoms. The Morgan fingerprint density at radius 1 is 1.54 bits per heavy atom. The zero-order chi connectivity index (χ0) is 10.4. The molecule has 0 aliphatic carbocycles. The standard InChI is InChI=1S/C10H13NO2/c11-9(7-12)10(13)6-8-4-2-1-3-5-8/h1-5,9,12H,6-7,11H2/t9-/m0/s1/i/hD. The number of nitrogens with two attached hydrogens (primary N) is 1. The van der Waals surface area contributed by atoms with Crippen molar-refractivity contribution in [1.29, 1.82) is 0 Å². The van der Waals surface area contributed by atoms with Gasteiger partial charge in [-0.2, -0.15) is 0 Å². The van der Waals surface area contributed by atoms with E-state index in [1.807, 2.05) is 36.1 Å². The van der Waals surface area contributed by atoms with Crippen molar-refractivity contribution in [2.24, 2.45) is 5.73 Å². The van der Waals surface area contributed by atoms with Crippen molar-refractivity contribution in [2.75, 3.05) is 6.61 Å². The van der Waals surface area contributed by atoms with Gasteiger partial charge in [0, 0.05) is 6.42 Å². The third-order valence-corrected chi connectivity index (χ3v) is 1.79. The molecule has 1 aromatic rings. The number of benzene rings is 1. The molecule has 1 atom stereocenters. The van der Waals surface area contributed by atoms with Gasteiger partial charge in [-0.15, -0.1) is 0 Å². The average Bonchev–Trinajstić information content (AvgIpc) is 2.21. The minimum Gasteiger partial charge on any atom is -0.394 e. The molecular weight excluding hydrogens is 166 g/mol. The highest BCUT2D eigenvalue weighted by molar-refractivity contribution is 5.85. The monoisotopic (exact) mass is 180 g/mol. The van der Waals surface area contributed by atoms with Crippen LogP contribution in [0.3, 0.4) is 0 Å². The van der Waals surface area contributed by atoms with Crippen molar-refractivity contribution < 1.29 is 11.3 Å². The molecule has 13 heavy (non-hydrogen) atoms. The number of Topliss-reactive ketones (excluding diaryl/α,β-unsaturated/α-hetero) is 1. The number of ketones is 1. The second kappa shape index (κ2) is 4.74. The smallest absolute Gasteiger partial charge is 0.156 e. The lowest BCUT2D eigenvalue weighted by Gasteiger charge is -2.06. The fourth-order valence-electron chi connectivity index (χ4n) is 1.02. The van der Waals surface area contributed by atoms with E-state index >= 15 is 0 Å². The van der Waals surface area contributed by atoms with Crippen LogP contribution in [0.2, 0.25) is 1.41 Å². The van der Waals surface area contributed by atoms with E-state index in [1.165, 1.54) is 0 Å². The Morgan fingerprint density at radius 2 is 2.23 bits per heavy atom. The topological polar surface area (TPSA) is 63.3 Å². The van der Waals surface area contributed by atoms with Crippen LogP contribution in [0.5, 0.6) is 0 Å². The Balaban J connectivity index is 2.57. The van der Waals surface area contributed by atoms with Gasteiger partial charge in [0.1, 0.15) is 1.41 Å². The summed E-state index contributed by atoms with van der Waals surface area (Å²) in [6, 6.07) is 8.48. The molecule has 1 aromatic carbocycles. The zero-order valence-corrected chi connectivity index (χ0v) is 7.23. The van der Waals surface area contributed by atoms with E-state index < -0.39 is 6.04 Å². The van der Waals surface area contributed by atoms with Crippen molar-refractivity contribution in [1.82, 2.24) is 0 Å². The molecule has 0 unspecified atom stereocenters. The van der Waals surface area contributed by atoms with Gasteiger partial charge in [0.25, 0.3) is 0 Å². The molecule has 0 aliphatic rings. The van der Waals surface area contributed by atoms with E-state index in [0.717, 1.165) is 5.56 Å². The molecule has 0 saturated heterocycles. The maximum Gasteiger partial charge on any atom is 0.156 e. The fourth-order valence-corrected chi connectivity index (χ4v) is 1.02. The molecule has 3 N–H and O–H groups in total. The van der Waals surface area contributed by atoms with E-state index in [9.17, 15) is 4.79 Å². The summed E-state index contributed by atoms with van der Waals surface area (Å²) in [7, 11) is 0. The molecule has 0 radical (unpaired) electrons. The summed E-state index contributed by atoms with van der Waals surface area (Å²) in [5, 5.41) is 8.77. The Kier molecular flexibility index (Phi) is 3.07. The van der Waals surface area contributed by atoms with E-state index in [0.29, 0.717) is 0 Å². The fraction of sp³-hybridized carbons (Fsp3) is 0.300. The maximum absolute atomic E-state index is 11.4. The first kappa shape index (κ1) is 8.41. The number of carbonyl (C=O) groups excluding carboxylic acids is 1. The first-order chi connectivity index (χ1) is 6.77. The van der Waals surface area contributed by atoms with Crippen LogP contribution in [-0.4, -0.2) is 23.5 Å². The van der Waals surface area contributed by atoms with E-state index in [2.05, 4.69) is 0 Å². The molecule has 0 spiro atoms. The molecule has 0 aliphatic heterocycles. The summed E-state index contributed by atoms with van der Waals surface area (Å²) in [6.07, 6.45) is 0.248. The molecule has 3 heteroatoms. The average molecular weight is 180 g/mol. The highest BCUT2D eigenvalue weighted by Crippen LogP contribution is 2.01. The molecule has 0 amide bonds. The first-order valence-electron chi connectivity index (χ1n) is 4.62. The summed E-state index contributed by atoms with van der Waals surface area (Å²) >= 11 is 0. The van der Waals surface area contributed by atoms with Gasteiger partial charge in [-0.25, -0.2) is 0 Å². The Labute approximate surface area is 78.6 Å². The molecule has 0 saturated carbocycles. The maximum atomic E-state index is 11.4. The van der Waals surface area contributed by atoms with Crippen LogP contribution in [0, 0.1) is 0 Å². The highest BCUT2D eigenvalue weighted by Gasteiger charge is 2.11. The highest BCUT2D eigenvalue weighted by atomic mass is 16.3. The summed E-state index contributed by atoms with van der Waals surface area (Å²) in [5.74, 6) is -0.172. The van der Waals surface area contributed by atoms with Gasteiger partial charge in [-0.3, -0.25) is 4.79 Å². The van der Waals surface area contributed by atoms with E-state index in [1.54, 1.807) is 0 Å². The van der Waals surface area contributed by atoms with Crippen molar-refractivity contribution in [2.45, 2.75) is 12.5 Å². The minimum atomic E-state index is -0.782. The second-order valence-corrected chi connectivity index (χ2v) is 2.86. The Bertz CT molecular complexity index is 285. The zero-order valence-electron chi connectivity index (χ0n) is 8.23. The number of aliphatic hydroxyl groups is 1. The van der Waals surface area contributed by atoms with Gasteiger partial charge in [0.05, 0.1) is 12.6 Å². The van der Waals surface area contributed by atoms with Crippen LogP contribution >= 0.6 is 0 Å². The summed E-state index contributed by atoms with van der Waals surface area (Å²) in [4.78, 5) is 11.4. The quantitative estimate of drug-likeness (QED) is 0.676. The predicted molar refractivity (Wildman–Crippen MR) is 50.2 cm³/mol. The Hall–Kier alpha value is -1.19. The number of carbonyl (C=O) groups is 1. The largest absolute Gasteiger partial charge is 0.394 e. The van der Waals surface area contributed by atoms with Crippen molar-refractivity contribution in [3.63, 3.8) is 0 Å². The van der Waals surface area contributed by atoms with Crippen LogP contribution < -0.4 is 5.73 Å². The van der Waals surface area contributed by atoms with Crippen LogP contribution in [0.25, 0.3) is 0 Å². The number of hydrogen-bond acceptors (Lipinski definition) is 3. The number of aliphatic hydroxyl groups excluding tert-OH is 1. The van der Waals surface area contributed by atoms with Crippen LogP contribution in [0.1, 0.15) is 5.56 Å². The molecule has 3 nitrogen and oxygen atoms in total. The van der Waals surface area contributed by atoms with Crippen molar-refractivity contribution in [3.8, 4) is 0 Å². The lowest BCUT2D eigenvalue weighted by Crippen LogP contribution is -2.35. The second-order valence-electron chi connectivity index (χ2n) is 2.86. The first-order valence-corrected chi connectivity index (χ1v) is 4.12. The molecular formula is C10H13NO2. The van der Waals surface area contributed by atoms with Crippen LogP contribution in [0.15, 0.2) is 30.3 Å². The molecule has 70 valence electrons. The third-order valence-electron chi connectivity index (χ3n) is 1.79. The number of rotatable bonds is 5. The van der Waals surface area contributed by atoms with Gasteiger partial charge in [0.15, 0.2) is 5.78 Å². The molecule has 1 rings (SSSR count). The van der Waals surface area contributed by atoms with E-state index in [4.69, 9.17) is 6.52 Å². The Morgan fingerprint density at radius 3 is 2.77 bits per heavy atom. The van der Waals surface area contributed by atoms with Crippen molar-refractivity contribution in [3.05, 3.63) is 35.9 Å². The molecule has 0 heterocycles. The lowest BCUT2D eigenvalue weighted by molar-refractivity contribution is -0.120. The normalized spacial score (nSPS) is 13.5. The van der Waals surface area contributed by atoms with Gasteiger partial charge in [-0.1, -0.05) is 30.3 Å². The lowest BCUT2D eigenvalue weighted by atomic mass is 10.1. The third kappa shape index (κ3) is 2.97. The van der Waals surface area contributed by atoms with Crippen LogP contribution in [0.4, 0.5) is 0 Å².